The molecule has 0 atom stereocenters. The van der Waals surface area contributed by atoms with Crippen LogP contribution in [-0.4, -0.2) is 26.3 Å². The van der Waals surface area contributed by atoms with Gasteiger partial charge in [0.05, 0.1) is 25.9 Å². The van der Waals surface area contributed by atoms with Crippen LogP contribution in [0.4, 0.5) is 5.69 Å². The van der Waals surface area contributed by atoms with Gasteiger partial charge in [-0.3, -0.25) is 0 Å². The van der Waals surface area contributed by atoms with Crippen LogP contribution in [0, 0.1) is 0 Å². The summed E-state index contributed by atoms with van der Waals surface area (Å²) < 4.78 is 15.9. The highest BCUT2D eigenvalue weighted by Crippen LogP contribution is 2.15. The average Bonchev–Trinajstić information content (AvgIpc) is 2.59. The van der Waals surface area contributed by atoms with Gasteiger partial charge in [-0.05, 0) is 61.4 Å². The van der Waals surface area contributed by atoms with E-state index in [1.54, 1.807) is 24.3 Å². The summed E-state index contributed by atoms with van der Waals surface area (Å²) in [7, 11) is 1.36. The molecule has 5 heteroatoms. The minimum Gasteiger partial charge on any atom is -0.494 e. The maximum absolute atomic E-state index is 11.3. The minimum absolute atomic E-state index is 0.351. The second kappa shape index (κ2) is 8.68. The number of nitrogens with two attached hydrogens (primary N) is 1. The van der Waals surface area contributed by atoms with Gasteiger partial charge in [0.15, 0.2) is 0 Å². The number of benzene rings is 2. The smallest absolute Gasteiger partial charge is 0.337 e. The molecule has 23 heavy (non-hydrogen) atoms. The van der Waals surface area contributed by atoms with Crippen molar-refractivity contribution in [3.05, 3.63) is 54.1 Å². The molecule has 122 valence electrons. The Hall–Kier alpha value is -2.69. The fourth-order valence-electron chi connectivity index (χ4n) is 1.95. The van der Waals surface area contributed by atoms with E-state index in [-0.39, 0.29) is 5.97 Å². The van der Waals surface area contributed by atoms with Crippen LogP contribution in [0.2, 0.25) is 0 Å². The molecule has 0 aliphatic heterocycles. The van der Waals surface area contributed by atoms with E-state index < -0.39 is 0 Å². The first-order chi connectivity index (χ1) is 11.2. The molecule has 0 heterocycles. The molecule has 2 aromatic rings. The van der Waals surface area contributed by atoms with Gasteiger partial charge in [-0.15, -0.1) is 0 Å². The molecule has 0 aliphatic carbocycles. The van der Waals surface area contributed by atoms with Crippen LogP contribution in [0.5, 0.6) is 11.5 Å². The molecule has 5 nitrogen and oxygen atoms in total. The molecule has 0 amide bonds. The van der Waals surface area contributed by atoms with Gasteiger partial charge in [0.2, 0.25) is 0 Å². The van der Waals surface area contributed by atoms with Crippen molar-refractivity contribution in [1.29, 1.82) is 0 Å². The third kappa shape index (κ3) is 5.54. The first-order valence-electron chi connectivity index (χ1n) is 7.48. The van der Waals surface area contributed by atoms with Crippen LogP contribution >= 0.6 is 0 Å². The van der Waals surface area contributed by atoms with Crippen LogP contribution in [0.3, 0.4) is 0 Å². The second-order valence-electron chi connectivity index (χ2n) is 4.99. The van der Waals surface area contributed by atoms with Crippen LogP contribution in [0.25, 0.3) is 0 Å². The number of rotatable bonds is 8. The Morgan fingerprint density at radius 1 is 0.870 bits per heavy atom. The Morgan fingerprint density at radius 2 is 1.35 bits per heavy atom. The third-order valence-corrected chi connectivity index (χ3v) is 3.23. The maximum Gasteiger partial charge on any atom is 0.337 e. The molecule has 0 bridgehead atoms. The van der Waals surface area contributed by atoms with Crippen LogP contribution in [0.15, 0.2) is 48.5 Å². The molecule has 0 aromatic heterocycles. The number of unbranched alkanes of at least 4 members (excludes halogenated alkanes) is 1. The molecule has 2 rings (SSSR count). The summed E-state index contributed by atoms with van der Waals surface area (Å²) in [6.07, 6.45) is 1.78. The molecule has 0 saturated heterocycles. The predicted octanol–water partition coefficient (Wildman–Crippen LogP) is 3.29. The average molecular weight is 315 g/mol. The Kier molecular flexibility index (Phi) is 6.29. The molecule has 2 N–H and O–H groups in total. The second-order valence-corrected chi connectivity index (χ2v) is 4.99. The van der Waals surface area contributed by atoms with E-state index in [9.17, 15) is 4.79 Å². The summed E-state index contributed by atoms with van der Waals surface area (Å²) in [5.41, 5.74) is 6.85. The van der Waals surface area contributed by atoms with Gasteiger partial charge in [0.1, 0.15) is 11.5 Å². The van der Waals surface area contributed by atoms with Crippen molar-refractivity contribution in [2.75, 3.05) is 26.1 Å². The summed E-state index contributed by atoms with van der Waals surface area (Å²) >= 11 is 0. The molecule has 2 aromatic carbocycles. The molecule has 0 radical (unpaired) electrons. The van der Waals surface area contributed by atoms with Gasteiger partial charge >= 0.3 is 5.97 Å². The van der Waals surface area contributed by atoms with Gasteiger partial charge < -0.3 is 19.9 Å². The van der Waals surface area contributed by atoms with Crippen molar-refractivity contribution in [3.8, 4) is 11.5 Å². The van der Waals surface area contributed by atoms with E-state index in [0.717, 1.165) is 30.0 Å². The lowest BCUT2D eigenvalue weighted by Crippen LogP contribution is -2.03. The summed E-state index contributed by atoms with van der Waals surface area (Å²) in [6.45, 7) is 1.23. The fourth-order valence-corrected chi connectivity index (χ4v) is 1.95. The molecule has 0 aliphatic rings. The largest absolute Gasteiger partial charge is 0.494 e. The summed E-state index contributed by atoms with van der Waals surface area (Å²) in [5, 5.41) is 0. The number of esters is 1. The van der Waals surface area contributed by atoms with Crippen molar-refractivity contribution in [2.24, 2.45) is 0 Å². The molecule has 0 fully saturated rings. The number of nitrogen functional groups attached to an aromatic ring is 1. The Morgan fingerprint density at radius 3 is 1.83 bits per heavy atom. The number of carbonyl (C=O) groups is 1. The van der Waals surface area contributed by atoms with Crippen molar-refractivity contribution >= 4 is 11.7 Å². The molecule has 0 unspecified atom stereocenters. The van der Waals surface area contributed by atoms with Crippen molar-refractivity contribution < 1.29 is 19.0 Å². The quantitative estimate of drug-likeness (QED) is 0.460. The van der Waals surface area contributed by atoms with Gasteiger partial charge in [0.25, 0.3) is 0 Å². The topological polar surface area (TPSA) is 70.8 Å². The number of carbonyl (C=O) groups excluding carboxylic acids is 1. The Balaban J connectivity index is 1.61. The summed E-state index contributed by atoms with van der Waals surface area (Å²) in [5.74, 6) is 1.20. The summed E-state index contributed by atoms with van der Waals surface area (Å²) in [4.78, 5) is 11.3. The third-order valence-electron chi connectivity index (χ3n) is 3.23. The van der Waals surface area contributed by atoms with Crippen LogP contribution < -0.4 is 15.2 Å². The monoisotopic (exact) mass is 315 g/mol. The van der Waals surface area contributed by atoms with Crippen molar-refractivity contribution in [1.82, 2.24) is 0 Å². The lowest BCUT2D eigenvalue weighted by molar-refractivity contribution is 0.0600. The van der Waals surface area contributed by atoms with Crippen molar-refractivity contribution in [3.63, 3.8) is 0 Å². The Labute approximate surface area is 136 Å². The number of hydrogen-bond donors (Lipinski definition) is 1. The molecular weight excluding hydrogens is 294 g/mol. The number of anilines is 1. The zero-order chi connectivity index (χ0) is 16.5. The standard InChI is InChI=1S/C18H21NO4/c1-21-18(20)14-4-8-16(9-5-14)22-12-2-3-13-23-17-10-6-15(19)7-11-17/h4-11H,2-3,12-13,19H2,1H3. The Bertz CT molecular complexity index is 608. The van der Waals surface area contributed by atoms with E-state index in [4.69, 9.17) is 15.2 Å². The lowest BCUT2D eigenvalue weighted by Gasteiger charge is -2.08. The highest BCUT2D eigenvalue weighted by molar-refractivity contribution is 5.89. The lowest BCUT2D eigenvalue weighted by atomic mass is 10.2. The van der Waals surface area contributed by atoms with E-state index in [2.05, 4.69) is 4.74 Å². The fraction of sp³-hybridized carbons (Fsp3) is 0.278. The maximum atomic E-state index is 11.3. The zero-order valence-electron chi connectivity index (χ0n) is 13.2. The van der Waals surface area contributed by atoms with Gasteiger partial charge in [-0.2, -0.15) is 0 Å². The SMILES string of the molecule is COC(=O)c1ccc(OCCCCOc2ccc(N)cc2)cc1. The van der Waals surface area contributed by atoms with E-state index in [1.165, 1.54) is 7.11 Å². The van der Waals surface area contributed by atoms with Gasteiger partial charge in [-0.1, -0.05) is 0 Å². The number of hydrogen-bond acceptors (Lipinski definition) is 5. The number of ether oxygens (including phenoxy) is 3. The van der Waals surface area contributed by atoms with E-state index in [0.29, 0.717) is 18.8 Å². The normalized spacial score (nSPS) is 10.1. The molecular formula is C18H21NO4. The van der Waals surface area contributed by atoms with Crippen molar-refractivity contribution in [2.45, 2.75) is 12.8 Å². The van der Waals surface area contributed by atoms with E-state index in [1.807, 2.05) is 24.3 Å². The molecule has 0 saturated carbocycles. The van der Waals surface area contributed by atoms with Crippen LogP contribution in [-0.2, 0) is 4.74 Å². The summed E-state index contributed by atoms with van der Waals surface area (Å²) in [6, 6.07) is 14.2. The highest BCUT2D eigenvalue weighted by Gasteiger charge is 2.04. The highest BCUT2D eigenvalue weighted by atomic mass is 16.5. The van der Waals surface area contributed by atoms with Crippen LogP contribution in [0.1, 0.15) is 23.2 Å². The van der Waals surface area contributed by atoms with Gasteiger partial charge in [0, 0.05) is 5.69 Å². The number of methoxy groups -OCH3 is 1. The van der Waals surface area contributed by atoms with Gasteiger partial charge in [-0.25, -0.2) is 4.79 Å². The zero-order valence-corrected chi connectivity index (χ0v) is 13.2. The molecule has 0 spiro atoms. The minimum atomic E-state index is -0.351. The van der Waals surface area contributed by atoms with E-state index >= 15 is 0 Å². The predicted molar refractivity (Wildman–Crippen MR) is 88.9 cm³/mol. The first-order valence-corrected chi connectivity index (χ1v) is 7.48. The first kappa shape index (κ1) is 16.7.